The summed E-state index contributed by atoms with van der Waals surface area (Å²) >= 11 is 0. The number of rotatable bonds is 1. The van der Waals surface area contributed by atoms with Crippen molar-refractivity contribution in [2.45, 2.75) is 31.5 Å². The van der Waals surface area contributed by atoms with Crippen LogP contribution in [0.2, 0.25) is 0 Å². The molecule has 1 N–H and O–H groups in total. The van der Waals surface area contributed by atoms with Crippen molar-refractivity contribution in [3.63, 3.8) is 0 Å². The normalized spacial score (nSPS) is 23.8. The fourth-order valence-electron chi connectivity index (χ4n) is 2.93. The quantitative estimate of drug-likeness (QED) is 0.859. The summed E-state index contributed by atoms with van der Waals surface area (Å²) in [5.74, 6) is 0.368. The molecule has 0 aliphatic carbocycles. The van der Waals surface area contributed by atoms with Crippen LogP contribution in [-0.2, 0) is 5.60 Å². The van der Waals surface area contributed by atoms with Crippen molar-refractivity contribution in [2.24, 2.45) is 0 Å². The summed E-state index contributed by atoms with van der Waals surface area (Å²) in [5, 5.41) is 11.2. The molecule has 0 spiro atoms. The highest BCUT2D eigenvalue weighted by Gasteiger charge is 2.44. The van der Waals surface area contributed by atoms with Crippen LogP contribution in [0.1, 0.15) is 31.4 Å². The first-order chi connectivity index (χ1) is 9.41. The summed E-state index contributed by atoms with van der Waals surface area (Å²) in [6.07, 6.45) is 0.419. The maximum atomic E-state index is 13.1. The smallest absolute Gasteiger partial charge is 0.126 e. The van der Waals surface area contributed by atoms with Crippen LogP contribution in [0.25, 0.3) is 0 Å². The van der Waals surface area contributed by atoms with Gasteiger partial charge in [-0.3, -0.25) is 0 Å². The van der Waals surface area contributed by atoms with Crippen LogP contribution >= 0.6 is 0 Å². The maximum absolute atomic E-state index is 13.1. The molecule has 0 radical (unpaired) electrons. The molecule has 1 heterocycles. The van der Waals surface area contributed by atoms with Gasteiger partial charge in [0.05, 0.1) is 0 Å². The average molecular weight is 272 g/mol. The van der Waals surface area contributed by atoms with E-state index in [9.17, 15) is 9.50 Å². The van der Waals surface area contributed by atoms with Crippen LogP contribution in [0, 0.1) is 5.82 Å². The van der Waals surface area contributed by atoms with Crippen LogP contribution in [0.15, 0.2) is 48.5 Å². The van der Waals surface area contributed by atoms with Gasteiger partial charge in [0.25, 0.3) is 0 Å². The molecule has 104 valence electrons. The third-order valence-corrected chi connectivity index (χ3v) is 3.72. The number of halogens is 1. The third-order valence-electron chi connectivity index (χ3n) is 3.72. The molecule has 0 amide bonds. The molecule has 0 aromatic heterocycles. The highest BCUT2D eigenvalue weighted by atomic mass is 19.1. The number of fused-ring (bicyclic) bond motifs is 1. The predicted octanol–water partition coefficient (Wildman–Crippen LogP) is 3.62. The monoisotopic (exact) mass is 272 g/mol. The summed E-state index contributed by atoms with van der Waals surface area (Å²) in [7, 11) is 0. The third kappa shape index (κ3) is 2.08. The fraction of sp³-hybridized carbons (Fsp3) is 0.294. The van der Waals surface area contributed by atoms with Crippen molar-refractivity contribution in [2.75, 3.05) is 0 Å². The molecule has 0 saturated carbocycles. The largest absolute Gasteiger partial charge is 0.487 e. The van der Waals surface area contributed by atoms with Gasteiger partial charge >= 0.3 is 0 Å². The van der Waals surface area contributed by atoms with Gasteiger partial charge in [0.1, 0.15) is 22.8 Å². The Balaban J connectivity index is 2.18. The lowest BCUT2D eigenvalue weighted by Gasteiger charge is -2.43. The number of aliphatic hydroxyl groups is 1. The van der Waals surface area contributed by atoms with E-state index in [-0.39, 0.29) is 5.82 Å². The Morgan fingerprint density at radius 3 is 2.40 bits per heavy atom. The minimum atomic E-state index is -1.16. The van der Waals surface area contributed by atoms with Gasteiger partial charge in [-0.15, -0.1) is 0 Å². The average Bonchev–Trinajstić information content (AvgIpc) is 2.38. The Kier molecular flexibility index (Phi) is 2.83. The van der Waals surface area contributed by atoms with E-state index in [1.807, 2.05) is 38.1 Å². The molecule has 1 unspecified atom stereocenters. The van der Waals surface area contributed by atoms with Gasteiger partial charge < -0.3 is 9.84 Å². The van der Waals surface area contributed by atoms with Crippen LogP contribution in [0.5, 0.6) is 5.75 Å². The molecule has 3 heteroatoms. The molecule has 0 fully saturated rings. The lowest BCUT2D eigenvalue weighted by atomic mass is 9.76. The molecule has 3 rings (SSSR count). The molecule has 1 atom stereocenters. The zero-order valence-corrected chi connectivity index (χ0v) is 11.6. The summed E-state index contributed by atoms with van der Waals surface area (Å²) in [6.45, 7) is 3.88. The first-order valence-electron chi connectivity index (χ1n) is 6.68. The number of benzene rings is 2. The van der Waals surface area contributed by atoms with Crippen LogP contribution in [0.3, 0.4) is 0 Å². The zero-order chi connectivity index (χ0) is 14.4. The minimum absolute atomic E-state index is 0.308. The van der Waals surface area contributed by atoms with Gasteiger partial charge in [-0.25, -0.2) is 4.39 Å². The molecular formula is C17H17FO2. The molecule has 20 heavy (non-hydrogen) atoms. The highest BCUT2D eigenvalue weighted by Crippen LogP contribution is 2.46. The number of hydrogen-bond acceptors (Lipinski definition) is 2. The van der Waals surface area contributed by atoms with Crippen molar-refractivity contribution in [3.8, 4) is 5.75 Å². The maximum Gasteiger partial charge on any atom is 0.126 e. The van der Waals surface area contributed by atoms with Crippen molar-refractivity contribution < 1.29 is 14.2 Å². The number of hydrogen-bond donors (Lipinski definition) is 1. The molecule has 2 aromatic rings. The van der Waals surface area contributed by atoms with E-state index in [0.29, 0.717) is 17.7 Å². The summed E-state index contributed by atoms with van der Waals surface area (Å²) in [6, 6.07) is 13.5. The van der Waals surface area contributed by atoms with Gasteiger partial charge in [0.2, 0.25) is 0 Å². The Morgan fingerprint density at radius 2 is 1.70 bits per heavy atom. The van der Waals surface area contributed by atoms with E-state index in [4.69, 9.17) is 4.74 Å². The predicted molar refractivity (Wildman–Crippen MR) is 75.2 cm³/mol. The summed E-state index contributed by atoms with van der Waals surface area (Å²) in [5.41, 5.74) is -0.238. The van der Waals surface area contributed by atoms with E-state index >= 15 is 0 Å². The topological polar surface area (TPSA) is 29.5 Å². The second-order valence-electron chi connectivity index (χ2n) is 5.90. The zero-order valence-electron chi connectivity index (χ0n) is 11.6. The highest BCUT2D eigenvalue weighted by molar-refractivity contribution is 5.47. The van der Waals surface area contributed by atoms with Gasteiger partial charge in [0.15, 0.2) is 0 Å². The molecule has 1 aliphatic heterocycles. The molecule has 2 nitrogen and oxygen atoms in total. The SMILES string of the molecule is CC1(C)CC(O)(c2ccc(F)cc2)c2ccccc2O1. The van der Waals surface area contributed by atoms with Crippen molar-refractivity contribution in [1.29, 1.82) is 0 Å². The van der Waals surface area contributed by atoms with E-state index in [1.54, 1.807) is 12.1 Å². The van der Waals surface area contributed by atoms with Gasteiger partial charge in [0, 0.05) is 12.0 Å². The van der Waals surface area contributed by atoms with Crippen LogP contribution < -0.4 is 4.74 Å². The van der Waals surface area contributed by atoms with Gasteiger partial charge in [-0.2, -0.15) is 0 Å². The Labute approximate surface area is 117 Å². The van der Waals surface area contributed by atoms with Gasteiger partial charge in [-0.05, 0) is 37.6 Å². The molecule has 0 bridgehead atoms. The van der Waals surface area contributed by atoms with Gasteiger partial charge in [-0.1, -0.05) is 30.3 Å². The molecule has 0 saturated heterocycles. The lowest BCUT2D eigenvalue weighted by Crippen LogP contribution is -2.45. The van der Waals surface area contributed by atoms with E-state index in [1.165, 1.54) is 12.1 Å². The van der Waals surface area contributed by atoms with Crippen molar-refractivity contribution in [1.82, 2.24) is 0 Å². The Hall–Kier alpha value is -1.87. The number of ether oxygens (including phenoxy) is 1. The molecular weight excluding hydrogens is 255 g/mol. The lowest BCUT2D eigenvalue weighted by molar-refractivity contribution is -0.0379. The molecule has 2 aromatic carbocycles. The fourth-order valence-corrected chi connectivity index (χ4v) is 2.93. The first kappa shape index (κ1) is 13.1. The van der Waals surface area contributed by atoms with Crippen molar-refractivity contribution >= 4 is 0 Å². The molecule has 1 aliphatic rings. The number of para-hydroxylation sites is 1. The first-order valence-corrected chi connectivity index (χ1v) is 6.68. The van der Waals surface area contributed by atoms with E-state index < -0.39 is 11.2 Å². The van der Waals surface area contributed by atoms with Crippen LogP contribution in [0.4, 0.5) is 4.39 Å². The summed E-state index contributed by atoms with van der Waals surface area (Å²) in [4.78, 5) is 0. The van der Waals surface area contributed by atoms with Crippen molar-refractivity contribution in [3.05, 3.63) is 65.5 Å². The van der Waals surface area contributed by atoms with E-state index in [0.717, 1.165) is 5.56 Å². The standard InChI is InChI=1S/C17H17FO2/c1-16(2)11-17(19,12-7-9-13(18)10-8-12)14-5-3-4-6-15(14)20-16/h3-10,19H,11H2,1-2H3. The second-order valence-corrected chi connectivity index (χ2v) is 5.90. The van der Waals surface area contributed by atoms with Crippen LogP contribution in [-0.4, -0.2) is 10.7 Å². The second kappa shape index (κ2) is 4.32. The van der Waals surface area contributed by atoms with E-state index in [2.05, 4.69) is 0 Å². The Bertz CT molecular complexity index is 634. The summed E-state index contributed by atoms with van der Waals surface area (Å²) < 4.78 is 19.0. The Morgan fingerprint density at radius 1 is 1.05 bits per heavy atom. The minimum Gasteiger partial charge on any atom is -0.487 e.